The van der Waals surface area contributed by atoms with E-state index in [1.165, 1.54) is 0 Å². The second kappa shape index (κ2) is 3.90. The molecule has 13 heavy (non-hydrogen) atoms. The highest BCUT2D eigenvalue weighted by Crippen LogP contribution is 2.20. The van der Waals surface area contributed by atoms with Crippen LogP contribution in [0.25, 0.3) is 6.08 Å². The van der Waals surface area contributed by atoms with Crippen molar-refractivity contribution in [2.24, 2.45) is 0 Å². The molecule has 1 N–H and O–H groups in total. The highest BCUT2D eigenvalue weighted by atomic mass is 16.3. The van der Waals surface area contributed by atoms with Crippen molar-refractivity contribution in [1.82, 2.24) is 0 Å². The molecule has 1 aromatic rings. The van der Waals surface area contributed by atoms with Crippen LogP contribution < -0.4 is 0 Å². The third-order valence-corrected chi connectivity index (χ3v) is 1.75. The monoisotopic (exact) mass is 176 g/mol. The Balaban J connectivity index is 3.13. The number of rotatable bonds is 2. The molecule has 1 aromatic carbocycles. The summed E-state index contributed by atoms with van der Waals surface area (Å²) in [5.74, 6) is 0.201. The predicted molar refractivity (Wildman–Crippen MR) is 52.6 cm³/mol. The summed E-state index contributed by atoms with van der Waals surface area (Å²) < 4.78 is 0. The fourth-order valence-electron chi connectivity index (χ4n) is 1.07. The summed E-state index contributed by atoms with van der Waals surface area (Å²) in [5.41, 5.74) is 2.34. The number of hydrogen-bond donors (Lipinski definition) is 1. The molecule has 0 aliphatic rings. The zero-order valence-corrected chi connectivity index (χ0v) is 7.74. The quantitative estimate of drug-likeness (QED) is 0.554. The van der Waals surface area contributed by atoms with Crippen LogP contribution in [0.4, 0.5) is 0 Å². The maximum absolute atomic E-state index is 10.4. The van der Waals surface area contributed by atoms with Gasteiger partial charge in [-0.25, -0.2) is 0 Å². The minimum Gasteiger partial charge on any atom is -0.507 e. The van der Waals surface area contributed by atoms with Crippen LogP contribution in [0.2, 0.25) is 0 Å². The van der Waals surface area contributed by atoms with E-state index in [4.69, 9.17) is 0 Å². The van der Waals surface area contributed by atoms with Crippen molar-refractivity contribution >= 4 is 12.4 Å². The lowest BCUT2D eigenvalue weighted by molar-refractivity contribution is -0.104. The summed E-state index contributed by atoms with van der Waals surface area (Å²) in [5, 5.41) is 9.42. The number of carbonyl (C=O) groups excluding carboxylic acids is 1. The first-order valence-electron chi connectivity index (χ1n) is 4.06. The number of aryl methyl sites for hydroxylation is 1. The van der Waals surface area contributed by atoms with E-state index in [0.29, 0.717) is 11.1 Å². The summed E-state index contributed by atoms with van der Waals surface area (Å²) in [4.78, 5) is 10.4. The van der Waals surface area contributed by atoms with Gasteiger partial charge in [0, 0.05) is 5.56 Å². The van der Waals surface area contributed by atoms with Crippen LogP contribution >= 0.6 is 0 Å². The molecule has 2 nitrogen and oxygen atoms in total. The number of aldehydes is 1. The van der Waals surface area contributed by atoms with E-state index in [1.807, 2.05) is 19.1 Å². The first kappa shape index (κ1) is 9.52. The lowest BCUT2D eigenvalue weighted by Gasteiger charge is -2.00. The Morgan fingerprint density at radius 2 is 2.15 bits per heavy atom. The van der Waals surface area contributed by atoms with E-state index in [0.717, 1.165) is 11.8 Å². The number of aromatic hydroxyl groups is 1. The molecule has 0 saturated carbocycles. The van der Waals surface area contributed by atoms with Crippen LogP contribution in [-0.4, -0.2) is 11.4 Å². The summed E-state index contributed by atoms with van der Waals surface area (Å²) in [6, 6.07) is 5.28. The Kier molecular flexibility index (Phi) is 2.85. The van der Waals surface area contributed by atoms with Gasteiger partial charge in [-0.1, -0.05) is 11.6 Å². The number of phenols is 1. The van der Waals surface area contributed by atoms with Gasteiger partial charge in [-0.15, -0.1) is 0 Å². The van der Waals surface area contributed by atoms with Crippen molar-refractivity contribution in [2.75, 3.05) is 0 Å². The molecule has 0 heterocycles. The Labute approximate surface area is 77.5 Å². The van der Waals surface area contributed by atoms with Gasteiger partial charge >= 0.3 is 0 Å². The van der Waals surface area contributed by atoms with Crippen molar-refractivity contribution in [3.8, 4) is 5.75 Å². The molecule has 0 radical (unpaired) electrons. The summed E-state index contributed by atoms with van der Waals surface area (Å²) in [7, 11) is 0. The first-order chi connectivity index (χ1) is 6.13. The normalized spacial score (nSPS) is 11.4. The molecule has 0 fully saturated rings. The van der Waals surface area contributed by atoms with Crippen LogP contribution in [0.3, 0.4) is 0 Å². The van der Waals surface area contributed by atoms with E-state index in [-0.39, 0.29) is 5.75 Å². The van der Waals surface area contributed by atoms with Gasteiger partial charge in [0.25, 0.3) is 0 Å². The van der Waals surface area contributed by atoms with Crippen LogP contribution in [0.1, 0.15) is 18.1 Å². The SMILES string of the molecule is C/C(C=O)=C/c1cc(C)ccc1O. The van der Waals surface area contributed by atoms with E-state index >= 15 is 0 Å². The van der Waals surface area contributed by atoms with Crippen molar-refractivity contribution in [3.05, 3.63) is 34.9 Å². The summed E-state index contributed by atoms with van der Waals surface area (Å²) >= 11 is 0. The molecule has 2 heteroatoms. The maximum Gasteiger partial charge on any atom is 0.145 e. The molecule has 0 unspecified atom stereocenters. The number of hydrogen-bond acceptors (Lipinski definition) is 2. The van der Waals surface area contributed by atoms with Gasteiger partial charge in [-0.05, 0) is 37.6 Å². The minimum absolute atomic E-state index is 0.201. The number of phenolic OH excluding ortho intramolecular Hbond substituents is 1. The van der Waals surface area contributed by atoms with E-state index < -0.39 is 0 Å². The lowest BCUT2D eigenvalue weighted by atomic mass is 10.1. The van der Waals surface area contributed by atoms with Crippen molar-refractivity contribution < 1.29 is 9.90 Å². The largest absolute Gasteiger partial charge is 0.507 e. The molecule has 0 aromatic heterocycles. The topological polar surface area (TPSA) is 37.3 Å². The average molecular weight is 176 g/mol. The van der Waals surface area contributed by atoms with E-state index in [1.54, 1.807) is 19.1 Å². The van der Waals surface area contributed by atoms with E-state index in [9.17, 15) is 9.90 Å². The Hall–Kier alpha value is -1.57. The van der Waals surface area contributed by atoms with Crippen molar-refractivity contribution in [2.45, 2.75) is 13.8 Å². The summed E-state index contributed by atoms with van der Waals surface area (Å²) in [6.45, 7) is 3.64. The van der Waals surface area contributed by atoms with Gasteiger partial charge in [0.15, 0.2) is 0 Å². The van der Waals surface area contributed by atoms with Crippen LogP contribution in [0, 0.1) is 6.92 Å². The Morgan fingerprint density at radius 1 is 1.46 bits per heavy atom. The molecule has 0 amide bonds. The second-order valence-corrected chi connectivity index (χ2v) is 3.07. The second-order valence-electron chi connectivity index (χ2n) is 3.07. The van der Waals surface area contributed by atoms with Gasteiger partial charge < -0.3 is 5.11 Å². The van der Waals surface area contributed by atoms with Crippen LogP contribution in [-0.2, 0) is 4.79 Å². The third kappa shape index (κ3) is 2.44. The van der Waals surface area contributed by atoms with Gasteiger partial charge in [0.2, 0.25) is 0 Å². The molecule has 68 valence electrons. The highest BCUT2D eigenvalue weighted by Gasteiger charge is 1.97. The van der Waals surface area contributed by atoms with Crippen molar-refractivity contribution in [3.63, 3.8) is 0 Å². The number of allylic oxidation sites excluding steroid dienone is 1. The summed E-state index contributed by atoms with van der Waals surface area (Å²) in [6.07, 6.45) is 2.43. The molecule has 0 aliphatic heterocycles. The molecule has 0 bridgehead atoms. The fraction of sp³-hybridized carbons (Fsp3) is 0.182. The third-order valence-electron chi connectivity index (χ3n) is 1.75. The highest BCUT2D eigenvalue weighted by molar-refractivity contribution is 5.81. The van der Waals surface area contributed by atoms with Crippen molar-refractivity contribution in [1.29, 1.82) is 0 Å². The fourth-order valence-corrected chi connectivity index (χ4v) is 1.07. The molecule has 0 saturated heterocycles. The molecular weight excluding hydrogens is 164 g/mol. The standard InChI is InChI=1S/C11H12O2/c1-8-3-4-11(13)10(5-8)6-9(2)7-12/h3-7,13H,1-2H3/b9-6-. The predicted octanol–water partition coefficient (Wildman–Crippen LogP) is 2.30. The number of carbonyl (C=O) groups is 1. The molecular formula is C11H12O2. The zero-order chi connectivity index (χ0) is 9.84. The number of benzene rings is 1. The van der Waals surface area contributed by atoms with Gasteiger partial charge in [0.05, 0.1) is 0 Å². The molecule has 0 spiro atoms. The molecule has 0 atom stereocenters. The lowest BCUT2D eigenvalue weighted by Crippen LogP contribution is -1.81. The Morgan fingerprint density at radius 3 is 2.77 bits per heavy atom. The van der Waals surface area contributed by atoms with Gasteiger partial charge in [0.1, 0.15) is 12.0 Å². The van der Waals surface area contributed by atoms with Gasteiger partial charge in [-0.3, -0.25) is 4.79 Å². The maximum atomic E-state index is 10.4. The van der Waals surface area contributed by atoms with E-state index in [2.05, 4.69) is 0 Å². The average Bonchev–Trinajstić information content (AvgIpc) is 2.11. The molecule has 1 rings (SSSR count). The zero-order valence-electron chi connectivity index (χ0n) is 7.74. The minimum atomic E-state index is 0.201. The van der Waals surface area contributed by atoms with Gasteiger partial charge in [-0.2, -0.15) is 0 Å². The smallest absolute Gasteiger partial charge is 0.145 e. The Bertz CT molecular complexity index is 351. The van der Waals surface area contributed by atoms with Crippen LogP contribution in [0.5, 0.6) is 5.75 Å². The molecule has 0 aliphatic carbocycles. The van der Waals surface area contributed by atoms with Crippen LogP contribution in [0.15, 0.2) is 23.8 Å². The first-order valence-corrected chi connectivity index (χ1v) is 4.06.